The van der Waals surface area contributed by atoms with Crippen LogP contribution in [-0.2, 0) is 4.74 Å². The molecule has 0 aliphatic rings. The monoisotopic (exact) mass is 781 g/mol. The maximum Gasteiger partial charge on any atom is 0.0662 e. The predicted octanol–water partition coefficient (Wildman–Crippen LogP) is 18.0. The molecule has 0 aliphatic heterocycles. The highest BCUT2D eigenvalue weighted by molar-refractivity contribution is 4.65. The molecule has 0 aromatic rings. The summed E-state index contributed by atoms with van der Waals surface area (Å²) >= 11 is 0. The first-order valence-corrected chi connectivity index (χ1v) is 25.6. The van der Waals surface area contributed by atoms with Crippen molar-refractivity contribution in [1.82, 2.24) is 0 Å². The standard InChI is InChI=1S/C36H74O.C14H28.C2H6O2/c1-3-5-7-9-11-13-15-17-19-21-23-25-27-29-31-33-35-37-36-34-32-30-28-26-24-22-20-18-16-14-12-10-8-6-4-2;1-3-5-7-9-11-13-14-12-10-8-6-4-2;3-1-2-4/h3-36H2,1-2H3;3H,1,4-14H2,2H3;3-4H,1-2H2. The SMILES string of the molecule is C=CCCCCCCCCCCCC.CCCCCCCCCCCCCCCCCCOCCCCCCCCCCCCCCCCCC.OCCO. The Kier molecular flexibility index (Phi) is 67.3. The van der Waals surface area contributed by atoms with Crippen LogP contribution in [0.25, 0.3) is 0 Å². The summed E-state index contributed by atoms with van der Waals surface area (Å²) in [5, 5.41) is 15.2. The van der Waals surface area contributed by atoms with Crippen LogP contribution < -0.4 is 0 Å². The Morgan fingerprint density at radius 2 is 0.473 bits per heavy atom. The summed E-state index contributed by atoms with van der Waals surface area (Å²) in [4.78, 5) is 0. The summed E-state index contributed by atoms with van der Waals surface area (Å²) in [6, 6.07) is 0. The lowest BCUT2D eigenvalue weighted by atomic mass is 10.0. The molecule has 0 spiro atoms. The number of rotatable bonds is 46. The van der Waals surface area contributed by atoms with Crippen LogP contribution in [0.4, 0.5) is 0 Å². The molecule has 0 amide bonds. The number of ether oxygens (including phenoxy) is 1. The van der Waals surface area contributed by atoms with E-state index in [0.29, 0.717) is 0 Å². The molecule has 0 saturated carbocycles. The van der Waals surface area contributed by atoms with Crippen molar-refractivity contribution in [2.24, 2.45) is 0 Å². The Hall–Kier alpha value is -0.380. The van der Waals surface area contributed by atoms with Crippen LogP contribution in [0.15, 0.2) is 12.7 Å². The maximum absolute atomic E-state index is 7.62. The number of hydrogen-bond donors (Lipinski definition) is 2. The molecule has 0 bridgehead atoms. The summed E-state index contributed by atoms with van der Waals surface area (Å²) < 4.78 is 5.87. The molecule has 0 aliphatic carbocycles. The molecule has 0 fully saturated rings. The van der Waals surface area contributed by atoms with Crippen molar-refractivity contribution in [3.05, 3.63) is 12.7 Å². The van der Waals surface area contributed by atoms with E-state index >= 15 is 0 Å². The minimum atomic E-state index is -0.125. The van der Waals surface area contributed by atoms with Crippen LogP contribution in [0.2, 0.25) is 0 Å². The van der Waals surface area contributed by atoms with Gasteiger partial charge in [0.25, 0.3) is 0 Å². The van der Waals surface area contributed by atoms with Crippen LogP contribution in [0.3, 0.4) is 0 Å². The second kappa shape index (κ2) is 62.8. The minimum absolute atomic E-state index is 0.125. The van der Waals surface area contributed by atoms with Gasteiger partial charge in [-0.05, 0) is 25.7 Å². The summed E-state index contributed by atoms with van der Waals surface area (Å²) in [6.07, 6.45) is 63.5. The molecule has 0 saturated heterocycles. The van der Waals surface area contributed by atoms with E-state index < -0.39 is 0 Å². The molecular weight excluding hydrogens is 673 g/mol. The van der Waals surface area contributed by atoms with Crippen molar-refractivity contribution in [2.75, 3.05) is 26.4 Å². The van der Waals surface area contributed by atoms with Gasteiger partial charge in [0.05, 0.1) is 13.2 Å². The first-order valence-electron chi connectivity index (χ1n) is 25.6. The Balaban J connectivity index is -0.00000124. The van der Waals surface area contributed by atoms with Crippen molar-refractivity contribution in [3.8, 4) is 0 Å². The molecule has 0 radical (unpaired) electrons. The fraction of sp³-hybridized carbons (Fsp3) is 0.962. The fourth-order valence-electron chi connectivity index (χ4n) is 7.38. The van der Waals surface area contributed by atoms with Crippen molar-refractivity contribution in [3.63, 3.8) is 0 Å². The molecule has 0 rings (SSSR count). The molecule has 0 aromatic carbocycles. The summed E-state index contributed by atoms with van der Waals surface area (Å²) in [6.45, 7) is 12.4. The van der Waals surface area contributed by atoms with Gasteiger partial charge in [-0.15, -0.1) is 6.58 Å². The molecule has 2 N–H and O–H groups in total. The lowest BCUT2D eigenvalue weighted by molar-refractivity contribution is 0.125. The molecule has 0 atom stereocenters. The lowest BCUT2D eigenvalue weighted by Crippen LogP contribution is -1.97. The Bertz CT molecular complexity index is 557. The number of aliphatic hydroxyl groups excluding tert-OH is 2. The highest BCUT2D eigenvalue weighted by Gasteiger charge is 1.97. The zero-order chi connectivity index (χ0) is 40.6. The average Bonchev–Trinajstić information content (AvgIpc) is 3.20. The molecular formula is C52H108O3. The molecule has 0 unspecified atom stereocenters. The van der Waals surface area contributed by atoms with E-state index in [1.165, 1.54) is 276 Å². The lowest BCUT2D eigenvalue weighted by Gasteiger charge is -2.06. The van der Waals surface area contributed by atoms with Crippen molar-refractivity contribution in [2.45, 2.75) is 297 Å². The van der Waals surface area contributed by atoms with E-state index in [-0.39, 0.29) is 13.2 Å². The van der Waals surface area contributed by atoms with E-state index in [1.54, 1.807) is 0 Å². The van der Waals surface area contributed by atoms with E-state index in [1.807, 2.05) is 6.08 Å². The van der Waals surface area contributed by atoms with Crippen molar-refractivity contribution < 1.29 is 14.9 Å². The van der Waals surface area contributed by atoms with Crippen molar-refractivity contribution in [1.29, 1.82) is 0 Å². The Morgan fingerprint density at radius 3 is 0.655 bits per heavy atom. The third-order valence-corrected chi connectivity index (χ3v) is 11.1. The predicted molar refractivity (Wildman–Crippen MR) is 251 cm³/mol. The van der Waals surface area contributed by atoms with Gasteiger partial charge in [-0.2, -0.15) is 0 Å². The Labute approximate surface area is 349 Å². The zero-order valence-corrected chi connectivity index (χ0v) is 38.8. The molecule has 0 aromatic heterocycles. The van der Waals surface area contributed by atoms with Crippen LogP contribution in [0, 0.1) is 0 Å². The summed E-state index contributed by atoms with van der Waals surface area (Å²) in [7, 11) is 0. The van der Waals surface area contributed by atoms with Crippen LogP contribution in [-0.4, -0.2) is 36.6 Å². The average molecular weight is 781 g/mol. The minimum Gasteiger partial charge on any atom is -0.394 e. The van der Waals surface area contributed by atoms with E-state index in [0.717, 1.165) is 13.2 Å². The number of unbranched alkanes of at least 4 members (excludes halogenated alkanes) is 40. The number of allylic oxidation sites excluding steroid dienone is 1. The van der Waals surface area contributed by atoms with Gasteiger partial charge in [0.15, 0.2) is 0 Å². The topological polar surface area (TPSA) is 49.7 Å². The van der Waals surface area contributed by atoms with Crippen LogP contribution in [0.1, 0.15) is 297 Å². The molecule has 3 nitrogen and oxygen atoms in total. The zero-order valence-electron chi connectivity index (χ0n) is 38.8. The fourth-order valence-corrected chi connectivity index (χ4v) is 7.38. The maximum atomic E-state index is 7.62. The van der Waals surface area contributed by atoms with Gasteiger partial charge in [0.2, 0.25) is 0 Å². The number of hydrogen-bond acceptors (Lipinski definition) is 3. The quantitative estimate of drug-likeness (QED) is 0.0478. The first kappa shape index (κ1) is 58.9. The van der Waals surface area contributed by atoms with Crippen LogP contribution in [0.5, 0.6) is 0 Å². The van der Waals surface area contributed by atoms with Gasteiger partial charge < -0.3 is 14.9 Å². The van der Waals surface area contributed by atoms with Crippen molar-refractivity contribution >= 4 is 0 Å². The molecule has 55 heavy (non-hydrogen) atoms. The Morgan fingerprint density at radius 1 is 0.291 bits per heavy atom. The van der Waals surface area contributed by atoms with Gasteiger partial charge >= 0.3 is 0 Å². The van der Waals surface area contributed by atoms with Gasteiger partial charge in [-0.3, -0.25) is 0 Å². The third-order valence-electron chi connectivity index (χ3n) is 11.1. The highest BCUT2D eigenvalue weighted by atomic mass is 16.5. The van der Waals surface area contributed by atoms with E-state index in [4.69, 9.17) is 14.9 Å². The normalized spacial score (nSPS) is 10.9. The second-order valence-electron chi connectivity index (χ2n) is 16.9. The molecule has 334 valence electrons. The van der Waals surface area contributed by atoms with Crippen LogP contribution >= 0.6 is 0 Å². The third kappa shape index (κ3) is 68.7. The van der Waals surface area contributed by atoms with Gasteiger partial charge in [0, 0.05) is 13.2 Å². The van der Waals surface area contributed by atoms with Gasteiger partial charge in [-0.25, -0.2) is 0 Å². The molecule has 3 heteroatoms. The van der Waals surface area contributed by atoms with Gasteiger partial charge in [0.1, 0.15) is 0 Å². The van der Waals surface area contributed by atoms with Gasteiger partial charge in [-0.1, -0.05) is 277 Å². The molecule has 0 heterocycles. The summed E-state index contributed by atoms with van der Waals surface area (Å²) in [5.74, 6) is 0. The van der Waals surface area contributed by atoms with E-state index in [2.05, 4.69) is 27.4 Å². The largest absolute Gasteiger partial charge is 0.394 e. The first-order chi connectivity index (χ1) is 27.2. The number of aliphatic hydroxyl groups is 2. The smallest absolute Gasteiger partial charge is 0.0662 e. The second-order valence-corrected chi connectivity index (χ2v) is 16.9. The van der Waals surface area contributed by atoms with E-state index in [9.17, 15) is 0 Å². The highest BCUT2D eigenvalue weighted by Crippen LogP contribution is 2.16. The summed E-state index contributed by atoms with van der Waals surface area (Å²) in [5.41, 5.74) is 0.